The van der Waals surface area contributed by atoms with E-state index >= 15 is 0 Å². The van der Waals surface area contributed by atoms with Crippen molar-refractivity contribution in [2.45, 2.75) is 59.3 Å². The molecule has 0 aliphatic heterocycles. The van der Waals surface area contributed by atoms with Crippen molar-refractivity contribution in [3.05, 3.63) is 70.9 Å². The molecule has 0 amide bonds. The molecule has 0 N–H and O–H groups in total. The van der Waals surface area contributed by atoms with Crippen LogP contribution in [0.15, 0.2) is 48.5 Å². The number of hydrogen-bond acceptors (Lipinski definition) is 4. The summed E-state index contributed by atoms with van der Waals surface area (Å²) in [6.45, 7) is 9.71. The number of nitrogens with zero attached hydrogens (tertiary/aromatic N) is 3. The Balaban J connectivity index is 1.58. The molecule has 2 saturated carbocycles. The molecule has 0 radical (unpaired) electrons. The van der Waals surface area contributed by atoms with Gasteiger partial charge in [-0.3, -0.25) is 4.79 Å². The molecule has 3 atom stereocenters. The topological polar surface area (TPSA) is 67.9 Å². The summed E-state index contributed by atoms with van der Waals surface area (Å²) in [7, 11) is 1.66. The molecule has 2 fully saturated rings. The quantitative estimate of drug-likeness (QED) is 0.424. The van der Waals surface area contributed by atoms with Crippen LogP contribution < -0.4 is 4.74 Å². The highest BCUT2D eigenvalue weighted by Gasteiger charge is 2.69. The average molecular weight is 480 g/mol. The number of fused-ring (bicyclic) bond motifs is 3. The van der Waals surface area contributed by atoms with Crippen molar-refractivity contribution in [3.63, 3.8) is 0 Å². The van der Waals surface area contributed by atoms with Crippen molar-refractivity contribution in [1.82, 2.24) is 9.78 Å². The second kappa shape index (κ2) is 7.56. The highest BCUT2D eigenvalue weighted by atomic mass is 16.5. The summed E-state index contributed by atoms with van der Waals surface area (Å²) in [4.78, 5) is 13.9. The van der Waals surface area contributed by atoms with Gasteiger partial charge in [-0.05, 0) is 96.4 Å². The van der Waals surface area contributed by atoms with Crippen LogP contribution in [0.4, 0.5) is 0 Å². The van der Waals surface area contributed by atoms with Crippen LogP contribution in [0.5, 0.6) is 5.75 Å². The van der Waals surface area contributed by atoms with Crippen LogP contribution in [0, 0.1) is 33.5 Å². The maximum Gasteiger partial charge on any atom is 0.278 e. The van der Waals surface area contributed by atoms with E-state index in [4.69, 9.17) is 9.84 Å². The lowest BCUT2D eigenvalue weighted by Gasteiger charge is -2.55. The van der Waals surface area contributed by atoms with Gasteiger partial charge in [-0.25, -0.2) is 0 Å². The molecule has 2 aromatic carbocycles. The van der Waals surface area contributed by atoms with E-state index in [1.165, 1.54) is 24.8 Å². The van der Waals surface area contributed by atoms with E-state index in [1.807, 2.05) is 24.3 Å². The number of carbonyl (C=O) groups is 1. The Bertz CT molecular complexity index is 1410. The lowest BCUT2D eigenvalue weighted by Crippen LogP contribution is -2.48. The first-order valence-corrected chi connectivity index (χ1v) is 12.9. The Hall–Kier alpha value is -3.39. The minimum atomic E-state index is -0.160. The molecule has 1 heterocycles. The molecule has 3 unspecified atom stereocenters. The van der Waals surface area contributed by atoms with Crippen LogP contribution in [-0.2, 0) is 6.42 Å². The molecule has 5 heteroatoms. The van der Waals surface area contributed by atoms with E-state index < -0.39 is 0 Å². The second-order valence-electron chi connectivity index (χ2n) is 12.3. The van der Waals surface area contributed by atoms with E-state index in [9.17, 15) is 10.1 Å². The Morgan fingerprint density at radius 2 is 1.78 bits per heavy atom. The van der Waals surface area contributed by atoms with Gasteiger partial charge in [0, 0.05) is 22.6 Å². The van der Waals surface area contributed by atoms with Crippen LogP contribution in [0.2, 0.25) is 0 Å². The number of benzene rings is 2. The molecule has 1 spiro atoms. The lowest BCUT2D eigenvalue weighted by atomic mass is 9.49. The molecule has 6 rings (SSSR count). The third-order valence-corrected chi connectivity index (χ3v) is 9.97. The first kappa shape index (κ1) is 23.0. The third kappa shape index (κ3) is 2.94. The minimum absolute atomic E-state index is 0.111. The molecule has 2 bridgehead atoms. The van der Waals surface area contributed by atoms with Gasteiger partial charge in [0.15, 0.2) is 0 Å². The molecule has 0 saturated heterocycles. The zero-order valence-electron chi connectivity index (χ0n) is 21.8. The van der Waals surface area contributed by atoms with E-state index in [-0.39, 0.29) is 22.2 Å². The fraction of sp³-hybridized carbons (Fsp3) is 0.452. The van der Waals surface area contributed by atoms with Crippen LogP contribution in [0.1, 0.15) is 80.1 Å². The first-order chi connectivity index (χ1) is 17.1. The zero-order chi connectivity index (χ0) is 25.5. The molecular weight excluding hydrogens is 446 g/mol. The van der Waals surface area contributed by atoms with Gasteiger partial charge in [0.1, 0.15) is 5.75 Å². The Morgan fingerprint density at radius 3 is 2.42 bits per heavy atom. The molecule has 3 aromatic rings. The molecule has 36 heavy (non-hydrogen) atoms. The average Bonchev–Trinajstić information content (AvgIpc) is 3.53. The number of hydrogen-bond donors (Lipinski definition) is 0. The molecule has 1 aromatic heterocycles. The number of rotatable bonds is 3. The SMILES string of the molecule is COc1ccc(-c2c3c(nn2C(=O)c2ccc(C#N)cc2)C2C(C)(C)C4CCC2(C4)C(C)(C)C3)cc1. The number of nitriles is 1. The predicted octanol–water partition coefficient (Wildman–Crippen LogP) is 6.61. The van der Waals surface area contributed by atoms with E-state index in [0.717, 1.165) is 29.1 Å². The number of carbonyl (C=O) groups excluding carboxylic acids is 1. The Labute approximate surface area is 213 Å². The van der Waals surface area contributed by atoms with Crippen molar-refractivity contribution in [3.8, 4) is 23.1 Å². The summed E-state index contributed by atoms with van der Waals surface area (Å²) in [5.74, 6) is 1.64. The summed E-state index contributed by atoms with van der Waals surface area (Å²) >= 11 is 0. The van der Waals surface area contributed by atoms with Crippen molar-refractivity contribution in [1.29, 1.82) is 5.26 Å². The first-order valence-electron chi connectivity index (χ1n) is 12.9. The summed E-state index contributed by atoms with van der Waals surface area (Å²) in [5, 5.41) is 14.4. The maximum absolute atomic E-state index is 13.9. The third-order valence-electron chi connectivity index (χ3n) is 9.97. The van der Waals surface area contributed by atoms with E-state index in [0.29, 0.717) is 23.0 Å². The van der Waals surface area contributed by atoms with Crippen molar-refractivity contribution in [2.75, 3.05) is 7.11 Å². The van der Waals surface area contributed by atoms with Gasteiger partial charge in [-0.2, -0.15) is 15.0 Å². The maximum atomic E-state index is 13.9. The van der Waals surface area contributed by atoms with Crippen LogP contribution in [-0.4, -0.2) is 22.8 Å². The van der Waals surface area contributed by atoms with Crippen LogP contribution >= 0.6 is 0 Å². The normalized spacial score (nSPS) is 26.7. The van der Waals surface area contributed by atoms with Crippen molar-refractivity contribution in [2.24, 2.45) is 22.2 Å². The Morgan fingerprint density at radius 1 is 1.08 bits per heavy atom. The van der Waals surface area contributed by atoms with E-state index in [2.05, 4.69) is 33.8 Å². The monoisotopic (exact) mass is 479 g/mol. The minimum Gasteiger partial charge on any atom is -0.497 e. The van der Waals surface area contributed by atoms with Gasteiger partial charge >= 0.3 is 0 Å². The second-order valence-corrected chi connectivity index (χ2v) is 12.3. The van der Waals surface area contributed by atoms with Crippen LogP contribution in [0.25, 0.3) is 11.3 Å². The number of methoxy groups -OCH3 is 1. The summed E-state index contributed by atoms with van der Waals surface area (Å²) in [6.07, 6.45) is 4.69. The standard InChI is InChI=1S/C31H33N3O2/c1-29(2)17-24-25(27-30(3,4)22-14-15-31(27,29)16-22)33-34(26(24)20-10-12-23(36-5)13-11-20)28(35)21-8-6-19(18-32)7-9-21/h6-13,22,27H,14-17H2,1-5H3. The largest absolute Gasteiger partial charge is 0.497 e. The molecule has 184 valence electrons. The molecular formula is C31H33N3O2. The van der Waals surface area contributed by atoms with Gasteiger partial charge in [0.25, 0.3) is 5.91 Å². The molecule has 3 aliphatic rings. The van der Waals surface area contributed by atoms with Gasteiger partial charge in [-0.1, -0.05) is 27.7 Å². The fourth-order valence-corrected chi connectivity index (χ4v) is 8.03. The van der Waals surface area contributed by atoms with Crippen LogP contribution in [0.3, 0.4) is 0 Å². The zero-order valence-corrected chi connectivity index (χ0v) is 21.8. The van der Waals surface area contributed by atoms with Gasteiger partial charge in [0.05, 0.1) is 30.1 Å². The number of ether oxygens (including phenoxy) is 1. The summed E-state index contributed by atoms with van der Waals surface area (Å²) < 4.78 is 7.05. The van der Waals surface area contributed by atoms with Gasteiger partial charge in [0.2, 0.25) is 0 Å². The summed E-state index contributed by atoms with van der Waals surface area (Å²) in [5.41, 5.74) is 5.74. The summed E-state index contributed by atoms with van der Waals surface area (Å²) in [6, 6.07) is 16.9. The number of aromatic nitrogens is 2. The predicted molar refractivity (Wildman–Crippen MR) is 139 cm³/mol. The highest BCUT2D eigenvalue weighted by molar-refractivity contribution is 5.98. The van der Waals surface area contributed by atoms with Gasteiger partial charge in [-0.15, -0.1) is 0 Å². The van der Waals surface area contributed by atoms with E-state index in [1.54, 1.807) is 36.1 Å². The van der Waals surface area contributed by atoms with Crippen molar-refractivity contribution < 1.29 is 9.53 Å². The van der Waals surface area contributed by atoms with Crippen molar-refractivity contribution >= 4 is 5.91 Å². The highest BCUT2D eigenvalue weighted by Crippen LogP contribution is 2.77. The fourth-order valence-electron chi connectivity index (χ4n) is 8.03. The Kier molecular flexibility index (Phi) is 4.83. The van der Waals surface area contributed by atoms with Gasteiger partial charge < -0.3 is 4.74 Å². The lowest BCUT2D eigenvalue weighted by molar-refractivity contribution is 0.00338. The molecule has 3 aliphatic carbocycles. The molecule has 5 nitrogen and oxygen atoms in total. The smallest absolute Gasteiger partial charge is 0.278 e.